The first kappa shape index (κ1) is 24.4. The topological polar surface area (TPSA) is 118 Å². The Morgan fingerprint density at radius 2 is 1.79 bits per heavy atom. The van der Waals surface area contributed by atoms with E-state index in [2.05, 4.69) is 5.32 Å². The second-order valence-corrected chi connectivity index (χ2v) is 7.73. The fraction of sp³-hybridized carbons (Fsp3) is 0.160. The number of rotatable bonds is 8. The van der Waals surface area contributed by atoms with Crippen LogP contribution in [0.1, 0.15) is 22.8 Å². The summed E-state index contributed by atoms with van der Waals surface area (Å²) in [7, 11) is 3.02. The number of thiophene rings is 1. The van der Waals surface area contributed by atoms with E-state index < -0.39 is 11.9 Å². The fourth-order valence-electron chi connectivity index (χ4n) is 3.09. The van der Waals surface area contributed by atoms with Gasteiger partial charge in [0, 0.05) is 16.5 Å². The molecule has 2 N–H and O–H groups in total. The molecule has 3 aromatic rings. The van der Waals surface area contributed by atoms with Gasteiger partial charge in [0.1, 0.15) is 39.5 Å². The maximum absolute atomic E-state index is 12.9. The van der Waals surface area contributed by atoms with Gasteiger partial charge in [0.2, 0.25) is 0 Å². The minimum Gasteiger partial charge on any atom is -0.507 e. The predicted molar refractivity (Wildman–Crippen MR) is 129 cm³/mol. The molecule has 8 nitrogen and oxygen atoms in total. The molecule has 174 valence electrons. The number of esters is 1. The smallest absolute Gasteiger partial charge is 0.341 e. The summed E-state index contributed by atoms with van der Waals surface area (Å²) in [6.07, 6.45) is 1.25. The van der Waals surface area contributed by atoms with Crippen molar-refractivity contribution in [2.24, 2.45) is 0 Å². The molecule has 2 aromatic carbocycles. The molecule has 0 saturated carbocycles. The van der Waals surface area contributed by atoms with Crippen molar-refractivity contribution in [2.75, 3.05) is 26.1 Å². The summed E-state index contributed by atoms with van der Waals surface area (Å²) in [5.41, 5.74) is 1.47. The predicted octanol–water partition coefficient (Wildman–Crippen LogP) is 4.86. The summed E-state index contributed by atoms with van der Waals surface area (Å²) in [4.78, 5) is 25.7. The molecular formula is C25H22N2O6S. The van der Waals surface area contributed by atoms with Crippen LogP contribution in [0.15, 0.2) is 53.4 Å². The quantitative estimate of drug-likeness (QED) is 0.270. The molecular weight excluding hydrogens is 456 g/mol. The van der Waals surface area contributed by atoms with Crippen LogP contribution in [0.4, 0.5) is 5.00 Å². The third kappa shape index (κ3) is 5.36. The van der Waals surface area contributed by atoms with Crippen LogP contribution < -0.4 is 14.8 Å². The van der Waals surface area contributed by atoms with Crippen LogP contribution in [-0.4, -0.2) is 37.8 Å². The number of ether oxygens (including phenoxy) is 3. The number of nitriles is 1. The minimum absolute atomic E-state index is 0.119. The molecule has 0 radical (unpaired) electrons. The Bertz CT molecular complexity index is 1270. The van der Waals surface area contributed by atoms with E-state index in [0.717, 1.165) is 16.9 Å². The van der Waals surface area contributed by atoms with Gasteiger partial charge >= 0.3 is 5.97 Å². The van der Waals surface area contributed by atoms with Crippen molar-refractivity contribution < 1.29 is 28.9 Å². The molecule has 0 spiro atoms. The van der Waals surface area contributed by atoms with E-state index in [9.17, 15) is 20.0 Å². The number of carbonyl (C=O) groups is 2. The van der Waals surface area contributed by atoms with Gasteiger partial charge in [-0.1, -0.05) is 12.1 Å². The Hall–Kier alpha value is -4.29. The molecule has 0 bridgehead atoms. The van der Waals surface area contributed by atoms with E-state index in [1.54, 1.807) is 49.7 Å². The molecule has 9 heteroatoms. The highest BCUT2D eigenvalue weighted by atomic mass is 32.1. The van der Waals surface area contributed by atoms with Crippen LogP contribution in [0.25, 0.3) is 17.2 Å². The molecule has 3 rings (SSSR count). The van der Waals surface area contributed by atoms with Crippen molar-refractivity contribution in [3.63, 3.8) is 0 Å². The lowest BCUT2D eigenvalue weighted by Crippen LogP contribution is -2.16. The lowest BCUT2D eigenvalue weighted by atomic mass is 10.0. The van der Waals surface area contributed by atoms with Gasteiger partial charge in [-0.05, 0) is 48.9 Å². The van der Waals surface area contributed by atoms with Crippen LogP contribution >= 0.6 is 11.3 Å². The number of methoxy groups -OCH3 is 2. The van der Waals surface area contributed by atoms with Gasteiger partial charge < -0.3 is 24.6 Å². The van der Waals surface area contributed by atoms with Gasteiger partial charge in [-0.15, -0.1) is 11.3 Å². The normalized spacial score (nSPS) is 10.8. The molecule has 1 aromatic heterocycles. The van der Waals surface area contributed by atoms with Gasteiger partial charge in [-0.3, -0.25) is 4.79 Å². The standard InChI is InChI=1S/C25H22N2O6S/c1-4-33-25(30)22-20(15-5-7-18(31-2)8-6-15)14-34-24(22)27-23(29)17(13-26)11-16-12-19(32-3)9-10-21(16)28/h5-12,14,28H,4H2,1-3H3,(H,27,29)/b17-11-. The Morgan fingerprint density at radius 1 is 1.12 bits per heavy atom. The number of anilines is 1. The van der Waals surface area contributed by atoms with Crippen LogP contribution in [-0.2, 0) is 9.53 Å². The van der Waals surface area contributed by atoms with Crippen molar-refractivity contribution in [3.05, 3.63) is 64.5 Å². The first-order chi connectivity index (χ1) is 16.4. The molecule has 0 fully saturated rings. The third-order valence-corrected chi connectivity index (χ3v) is 5.69. The van der Waals surface area contributed by atoms with Crippen molar-refractivity contribution in [3.8, 4) is 34.4 Å². The Balaban J connectivity index is 1.97. The van der Waals surface area contributed by atoms with E-state index in [-0.39, 0.29) is 34.1 Å². The SMILES string of the molecule is CCOC(=O)c1c(-c2ccc(OC)cc2)csc1NC(=O)/C(C#N)=C\c1cc(OC)ccc1O. The number of hydrogen-bond donors (Lipinski definition) is 2. The number of benzene rings is 2. The van der Waals surface area contributed by atoms with Crippen LogP contribution in [0.2, 0.25) is 0 Å². The van der Waals surface area contributed by atoms with Crippen molar-refractivity contribution in [1.29, 1.82) is 5.26 Å². The molecule has 0 saturated heterocycles. The van der Waals surface area contributed by atoms with Crippen LogP contribution in [0.5, 0.6) is 17.2 Å². The average Bonchev–Trinajstić information content (AvgIpc) is 3.27. The molecule has 1 heterocycles. The lowest BCUT2D eigenvalue weighted by Gasteiger charge is -2.09. The highest BCUT2D eigenvalue weighted by Crippen LogP contribution is 2.37. The summed E-state index contributed by atoms with van der Waals surface area (Å²) in [5.74, 6) is -0.341. The summed E-state index contributed by atoms with van der Waals surface area (Å²) < 4.78 is 15.5. The highest BCUT2D eigenvalue weighted by molar-refractivity contribution is 7.15. The van der Waals surface area contributed by atoms with Crippen molar-refractivity contribution >= 4 is 34.3 Å². The van der Waals surface area contributed by atoms with Crippen molar-refractivity contribution in [2.45, 2.75) is 6.92 Å². The Morgan fingerprint density at radius 3 is 2.41 bits per heavy atom. The lowest BCUT2D eigenvalue weighted by molar-refractivity contribution is -0.112. The van der Waals surface area contributed by atoms with E-state index in [0.29, 0.717) is 17.1 Å². The molecule has 0 aliphatic carbocycles. The van der Waals surface area contributed by atoms with E-state index in [1.807, 2.05) is 6.07 Å². The van der Waals surface area contributed by atoms with Gasteiger partial charge in [0.15, 0.2) is 0 Å². The summed E-state index contributed by atoms with van der Waals surface area (Å²) >= 11 is 1.14. The summed E-state index contributed by atoms with van der Waals surface area (Å²) in [6.45, 7) is 1.84. The maximum Gasteiger partial charge on any atom is 0.341 e. The molecule has 0 aliphatic rings. The van der Waals surface area contributed by atoms with Gasteiger partial charge in [0.25, 0.3) is 5.91 Å². The zero-order chi connectivity index (χ0) is 24.7. The highest BCUT2D eigenvalue weighted by Gasteiger charge is 2.24. The number of aromatic hydroxyl groups is 1. The van der Waals surface area contributed by atoms with E-state index in [1.165, 1.54) is 25.3 Å². The zero-order valence-electron chi connectivity index (χ0n) is 18.7. The first-order valence-corrected chi connectivity index (χ1v) is 11.0. The van der Waals surface area contributed by atoms with E-state index in [4.69, 9.17) is 14.2 Å². The second-order valence-electron chi connectivity index (χ2n) is 6.85. The maximum atomic E-state index is 12.9. The average molecular weight is 479 g/mol. The van der Waals surface area contributed by atoms with Gasteiger partial charge in [-0.25, -0.2) is 4.79 Å². The number of nitrogens with zero attached hydrogens (tertiary/aromatic N) is 1. The second kappa shape index (κ2) is 11.0. The zero-order valence-corrected chi connectivity index (χ0v) is 19.6. The molecule has 1 amide bonds. The molecule has 0 atom stereocenters. The summed E-state index contributed by atoms with van der Waals surface area (Å²) in [6, 6.07) is 13.4. The summed E-state index contributed by atoms with van der Waals surface area (Å²) in [5, 5.41) is 24.2. The Labute approximate surface area is 200 Å². The number of nitrogens with one attached hydrogen (secondary N) is 1. The van der Waals surface area contributed by atoms with Gasteiger partial charge in [0.05, 0.1) is 20.8 Å². The number of phenols is 1. The first-order valence-electron chi connectivity index (χ1n) is 10.1. The Kier molecular flexibility index (Phi) is 7.90. The number of phenolic OH excluding ortho intramolecular Hbond substituents is 1. The number of amides is 1. The van der Waals surface area contributed by atoms with Crippen molar-refractivity contribution in [1.82, 2.24) is 0 Å². The molecule has 0 aliphatic heterocycles. The minimum atomic E-state index is -0.738. The monoisotopic (exact) mass is 478 g/mol. The third-order valence-electron chi connectivity index (χ3n) is 4.80. The molecule has 0 unspecified atom stereocenters. The fourth-order valence-corrected chi connectivity index (χ4v) is 4.04. The van der Waals surface area contributed by atoms with E-state index >= 15 is 0 Å². The number of hydrogen-bond acceptors (Lipinski definition) is 8. The molecule has 34 heavy (non-hydrogen) atoms. The largest absolute Gasteiger partial charge is 0.507 e. The number of carbonyl (C=O) groups excluding carboxylic acids is 2. The van der Waals surface area contributed by atoms with Gasteiger partial charge in [-0.2, -0.15) is 5.26 Å². The van der Waals surface area contributed by atoms with Crippen LogP contribution in [0, 0.1) is 11.3 Å². The van der Waals surface area contributed by atoms with Crippen LogP contribution in [0.3, 0.4) is 0 Å².